The first-order valence-electron chi connectivity index (χ1n) is 11.2. The first-order chi connectivity index (χ1) is 16.8. The van der Waals surface area contributed by atoms with Gasteiger partial charge in [0.05, 0.1) is 20.9 Å². The third kappa shape index (κ3) is 1.41. The number of hydrogen-bond acceptors (Lipinski definition) is 4. The van der Waals surface area contributed by atoms with Crippen molar-refractivity contribution in [2.75, 3.05) is 0 Å². The van der Waals surface area contributed by atoms with Crippen LogP contribution in [0.5, 0.6) is 11.6 Å². The molecule has 1 spiro atoms. The average molecular weight is 461 g/mol. The Morgan fingerprint density at radius 3 is 2.94 bits per heavy atom. The summed E-state index contributed by atoms with van der Waals surface area (Å²) in [5.74, 6) is 1.50. The summed E-state index contributed by atoms with van der Waals surface area (Å²) in [6.07, 6.45) is 5.86. The van der Waals surface area contributed by atoms with Gasteiger partial charge in [0, 0.05) is 14.9 Å². The van der Waals surface area contributed by atoms with Crippen LogP contribution in [-0.4, -0.2) is 19.4 Å². The minimum Gasteiger partial charge on any atom is -0.393 e. The molecule has 0 fully saturated rings. The van der Waals surface area contributed by atoms with Crippen molar-refractivity contribution in [1.82, 2.24) is 24.3 Å². The number of quaternary nitrogens is 1. The Bertz CT molecular complexity index is 2000. The third-order valence-electron chi connectivity index (χ3n) is 7.45. The Morgan fingerprint density at radius 1 is 1.03 bits per heavy atom. The lowest BCUT2D eigenvalue weighted by molar-refractivity contribution is -1.05. The van der Waals surface area contributed by atoms with Gasteiger partial charge in [0.2, 0.25) is 21.9 Å². The number of para-hydroxylation sites is 1. The molecule has 1 atom stereocenters. The first kappa shape index (κ1) is 16.4. The van der Waals surface area contributed by atoms with Crippen LogP contribution in [0.15, 0.2) is 76.9 Å². The average Bonchev–Trinajstić information content (AvgIpc) is 3.49. The fraction of sp³-hybridized carbons (Fsp3) is 0.0400. The van der Waals surface area contributed by atoms with Crippen LogP contribution in [0, 0.1) is 6.92 Å². The highest BCUT2D eigenvalue weighted by atomic mass is 32.2. The van der Waals surface area contributed by atoms with Crippen LogP contribution in [-0.2, 0) is 0 Å². The van der Waals surface area contributed by atoms with Crippen LogP contribution < -0.4 is 18.9 Å². The van der Waals surface area contributed by atoms with Crippen molar-refractivity contribution >= 4 is 39.4 Å². The Balaban J connectivity index is 1.59. The number of benzene rings is 2. The van der Waals surface area contributed by atoms with Crippen LogP contribution >= 0.6 is 11.8 Å². The molecule has 0 aliphatic carbocycles. The number of pyridine rings is 1. The van der Waals surface area contributed by atoms with Gasteiger partial charge in [-0.1, -0.05) is 17.8 Å². The van der Waals surface area contributed by atoms with E-state index in [-0.39, 0.29) is 4.81 Å². The summed E-state index contributed by atoms with van der Waals surface area (Å²) >= 11 is 1.83. The zero-order chi connectivity index (χ0) is 21.9. The third-order valence-corrected chi connectivity index (χ3v) is 8.54. The molecule has 8 heterocycles. The van der Waals surface area contributed by atoms with Gasteiger partial charge in [-0.2, -0.15) is 4.57 Å². The summed E-state index contributed by atoms with van der Waals surface area (Å²) in [6, 6.07) is 17.4. The first-order valence-corrected chi connectivity index (χ1v) is 12.0. The lowest BCUT2D eigenvalue weighted by atomic mass is 10.2. The van der Waals surface area contributed by atoms with E-state index in [1.54, 1.807) is 6.20 Å². The van der Waals surface area contributed by atoms with Crippen molar-refractivity contribution in [3.63, 3.8) is 0 Å². The van der Waals surface area contributed by atoms with Gasteiger partial charge in [-0.3, -0.25) is 0 Å². The van der Waals surface area contributed by atoms with Gasteiger partial charge in [-0.05, 0) is 49.4 Å². The van der Waals surface area contributed by atoms with E-state index in [0.717, 1.165) is 39.9 Å². The molecule has 0 bridgehead atoms. The molecule has 0 saturated carbocycles. The summed E-state index contributed by atoms with van der Waals surface area (Å²) < 4.78 is 13.5. The van der Waals surface area contributed by atoms with Crippen molar-refractivity contribution in [2.45, 2.75) is 16.7 Å². The minimum absolute atomic E-state index is 0.221. The molecule has 0 saturated heterocycles. The molecule has 8 nitrogen and oxygen atoms in total. The zero-order valence-corrected chi connectivity index (χ0v) is 18.6. The summed E-state index contributed by atoms with van der Waals surface area (Å²) in [4.78, 5) is 9.34. The van der Waals surface area contributed by atoms with Gasteiger partial charge < -0.3 is 4.74 Å². The number of fused-ring (bicyclic) bond motifs is 3. The van der Waals surface area contributed by atoms with Crippen molar-refractivity contribution in [3.8, 4) is 28.7 Å². The van der Waals surface area contributed by atoms with Gasteiger partial charge in [-0.15, -0.1) is 5.10 Å². The summed E-state index contributed by atoms with van der Waals surface area (Å²) in [6.45, 7) is 2.04. The van der Waals surface area contributed by atoms with Gasteiger partial charge >= 0.3 is 22.9 Å². The number of nitrogens with zero attached hydrogens (tertiary/aromatic N) is 7. The maximum Gasteiger partial charge on any atom is 0.456 e. The predicted molar refractivity (Wildman–Crippen MR) is 124 cm³/mol. The van der Waals surface area contributed by atoms with Crippen LogP contribution in [0.25, 0.3) is 39.0 Å². The molecular weight excluding hydrogens is 446 g/mol. The number of aryl methyl sites for hydroxylation is 1. The Morgan fingerprint density at radius 2 is 1.97 bits per heavy atom. The highest BCUT2D eigenvalue weighted by Gasteiger charge is 2.72. The van der Waals surface area contributed by atoms with E-state index in [9.17, 15) is 0 Å². The lowest BCUT2D eigenvalue weighted by Crippen LogP contribution is -2.88. The molecule has 0 N–H and O–H groups in total. The predicted octanol–water partition coefficient (Wildman–Crippen LogP) is 3.82. The number of rotatable bonds is 0. The van der Waals surface area contributed by atoms with Crippen LogP contribution in [0.3, 0.4) is 0 Å². The van der Waals surface area contributed by atoms with Gasteiger partial charge in [-0.25, -0.2) is 4.98 Å². The molecular formula is C25H14N7OS+3. The normalized spacial score (nSPS) is 19.0. The molecule has 34 heavy (non-hydrogen) atoms. The van der Waals surface area contributed by atoms with Crippen LogP contribution in [0.4, 0.5) is 5.69 Å². The minimum atomic E-state index is 0.221. The molecule has 6 aromatic rings. The Hall–Kier alpha value is -4.21. The van der Waals surface area contributed by atoms with Crippen LogP contribution in [0.2, 0.25) is 0 Å². The molecule has 9 heteroatoms. The van der Waals surface area contributed by atoms with E-state index in [2.05, 4.69) is 78.4 Å². The second-order valence-corrected chi connectivity index (χ2v) is 10.2. The van der Waals surface area contributed by atoms with E-state index in [1.807, 2.05) is 24.9 Å². The topological polar surface area (TPSA) is 52.6 Å². The smallest absolute Gasteiger partial charge is 0.393 e. The van der Waals surface area contributed by atoms with Gasteiger partial charge in [0.15, 0.2) is 11.7 Å². The monoisotopic (exact) mass is 460 g/mol. The molecule has 4 aliphatic rings. The van der Waals surface area contributed by atoms with E-state index < -0.39 is 0 Å². The van der Waals surface area contributed by atoms with E-state index in [1.165, 1.54) is 26.1 Å². The van der Waals surface area contributed by atoms with E-state index >= 15 is 0 Å². The summed E-state index contributed by atoms with van der Waals surface area (Å²) in [7, 11) is 0. The van der Waals surface area contributed by atoms with Crippen molar-refractivity contribution in [2.24, 2.45) is 0 Å². The fourth-order valence-electron chi connectivity index (χ4n) is 6.35. The maximum atomic E-state index is 6.52. The summed E-state index contributed by atoms with van der Waals surface area (Å²) in [5.41, 5.74) is 7.55. The number of aromatic nitrogens is 6. The fourth-order valence-corrected chi connectivity index (χ4v) is 7.45. The molecule has 158 valence electrons. The Labute approximate surface area is 196 Å². The van der Waals surface area contributed by atoms with Crippen LogP contribution in [0.1, 0.15) is 5.69 Å². The molecule has 1 unspecified atom stereocenters. The molecule has 4 aliphatic heterocycles. The second-order valence-electron chi connectivity index (χ2n) is 9.11. The highest BCUT2D eigenvalue weighted by molar-refractivity contribution is 7.99. The van der Waals surface area contributed by atoms with Gasteiger partial charge in [0.1, 0.15) is 17.1 Å². The second kappa shape index (κ2) is 4.84. The van der Waals surface area contributed by atoms with E-state index in [0.29, 0.717) is 5.88 Å². The number of hydrogen-bond donors (Lipinski definition) is 0. The SMILES string of the molecule is Cc1cc2n(n1)[N+]13c4c(ccc5c4-n4c6c(cccc6c6ccc[n+]1c64)S5)Oc1cncc-2[n+]13. The van der Waals surface area contributed by atoms with Crippen molar-refractivity contribution in [1.29, 1.82) is 0 Å². The largest absolute Gasteiger partial charge is 0.456 e. The Kier molecular flexibility index (Phi) is 2.34. The van der Waals surface area contributed by atoms with Crippen molar-refractivity contribution < 1.29 is 14.1 Å². The summed E-state index contributed by atoms with van der Waals surface area (Å²) in [5, 5.41) is 7.53. The number of ether oxygens (including phenoxy) is 1. The molecule has 10 rings (SSSR count). The highest BCUT2D eigenvalue weighted by Crippen LogP contribution is 2.56. The zero-order valence-electron chi connectivity index (χ0n) is 17.8. The molecule has 4 aromatic heterocycles. The van der Waals surface area contributed by atoms with Gasteiger partial charge in [0.25, 0.3) is 0 Å². The lowest BCUT2D eigenvalue weighted by Gasteiger charge is -2.31. The molecule has 0 amide bonds. The molecule has 2 aromatic carbocycles. The molecule has 0 radical (unpaired) electrons. The quantitative estimate of drug-likeness (QED) is 0.255. The maximum absolute atomic E-state index is 6.52. The standard InChI is InChI=1S/C25H14N7OS/c1-13-10-16-17-11-26-12-21-30(17)32(31(16)27-13)24-18(33-21)7-8-20-23(24)29-22-14(4-2-6-19(22)34-20)15-5-3-9-28(32)25(15)29/h2-12H,1H3/q+3. The van der Waals surface area contributed by atoms with E-state index in [4.69, 9.17) is 9.84 Å². The van der Waals surface area contributed by atoms with Crippen molar-refractivity contribution in [3.05, 3.63) is 72.8 Å².